The lowest BCUT2D eigenvalue weighted by atomic mass is 9.87. The van der Waals surface area contributed by atoms with Crippen LogP contribution in [0.5, 0.6) is 0 Å². The highest BCUT2D eigenvalue weighted by atomic mass is 16.5. The lowest BCUT2D eigenvalue weighted by Gasteiger charge is -2.50. The molecule has 24 heavy (non-hydrogen) atoms. The Morgan fingerprint density at radius 1 is 1.33 bits per heavy atom. The standard InChI is InChI=1S/C18H34N4O2/c1-6-16(21-12-13(3)18(21)7-2)8-9-22(19-20-23)17-10-14(4)24-15(5)11-17/h6,13-15,17-18H,7-12H2,1-5H3,(H,19,23)/b16-6-. The Kier molecular flexibility index (Phi) is 7.04. The van der Waals surface area contributed by atoms with E-state index >= 15 is 0 Å². The smallest absolute Gasteiger partial charge is 0.0658 e. The fourth-order valence-corrected chi connectivity index (χ4v) is 4.37. The van der Waals surface area contributed by atoms with Gasteiger partial charge in [0.2, 0.25) is 0 Å². The van der Waals surface area contributed by atoms with Gasteiger partial charge in [0.1, 0.15) is 0 Å². The normalized spacial score (nSPS) is 34.2. The predicted molar refractivity (Wildman–Crippen MR) is 97.0 cm³/mol. The van der Waals surface area contributed by atoms with Crippen LogP contribution in [0.3, 0.4) is 0 Å². The first-order valence-electron chi connectivity index (χ1n) is 9.42. The summed E-state index contributed by atoms with van der Waals surface area (Å²) in [6.07, 6.45) is 6.63. The lowest BCUT2D eigenvalue weighted by Crippen LogP contribution is -2.54. The number of allylic oxidation sites excluding steroid dienone is 1. The predicted octanol–water partition coefficient (Wildman–Crippen LogP) is 3.45. The van der Waals surface area contributed by atoms with Crippen molar-refractivity contribution in [1.82, 2.24) is 15.4 Å². The minimum atomic E-state index is 0.219. The van der Waals surface area contributed by atoms with Crippen LogP contribution in [0.25, 0.3) is 0 Å². The molecule has 6 nitrogen and oxygen atoms in total. The third-order valence-electron chi connectivity index (χ3n) is 5.55. The van der Waals surface area contributed by atoms with Crippen molar-refractivity contribution in [2.45, 2.75) is 84.6 Å². The summed E-state index contributed by atoms with van der Waals surface area (Å²) in [7, 11) is 0. The molecule has 0 aromatic carbocycles. The largest absolute Gasteiger partial charge is 0.375 e. The van der Waals surface area contributed by atoms with Crippen molar-refractivity contribution in [2.75, 3.05) is 13.1 Å². The second-order valence-electron chi connectivity index (χ2n) is 7.40. The van der Waals surface area contributed by atoms with Gasteiger partial charge >= 0.3 is 0 Å². The third kappa shape index (κ3) is 4.48. The molecular formula is C18H34N4O2. The zero-order chi connectivity index (χ0) is 17.7. The summed E-state index contributed by atoms with van der Waals surface area (Å²) in [5.74, 6) is 0.771. The van der Waals surface area contributed by atoms with Crippen LogP contribution in [-0.2, 0) is 4.74 Å². The van der Waals surface area contributed by atoms with Crippen molar-refractivity contribution in [2.24, 2.45) is 11.2 Å². The maximum Gasteiger partial charge on any atom is 0.0658 e. The van der Waals surface area contributed by atoms with Crippen LogP contribution in [0.1, 0.15) is 60.3 Å². The molecule has 2 saturated heterocycles. The van der Waals surface area contributed by atoms with Crippen molar-refractivity contribution >= 4 is 0 Å². The Morgan fingerprint density at radius 2 is 2.00 bits per heavy atom. The molecule has 2 rings (SSSR count). The van der Waals surface area contributed by atoms with Crippen molar-refractivity contribution < 1.29 is 4.74 Å². The summed E-state index contributed by atoms with van der Waals surface area (Å²) in [4.78, 5) is 13.3. The van der Waals surface area contributed by atoms with E-state index < -0.39 is 0 Å². The Hall–Kier alpha value is -1.14. The number of nitroso groups, excluding NO2 is 1. The molecule has 0 radical (unpaired) electrons. The molecule has 0 amide bonds. The molecule has 2 aliphatic rings. The van der Waals surface area contributed by atoms with Gasteiger partial charge in [-0.15, -0.1) is 4.91 Å². The van der Waals surface area contributed by atoms with Crippen LogP contribution >= 0.6 is 0 Å². The van der Waals surface area contributed by atoms with E-state index in [2.05, 4.69) is 56.4 Å². The molecule has 0 spiro atoms. The first-order valence-corrected chi connectivity index (χ1v) is 9.42. The van der Waals surface area contributed by atoms with Gasteiger partial charge in [-0.2, -0.15) is 0 Å². The molecule has 2 heterocycles. The van der Waals surface area contributed by atoms with E-state index in [4.69, 9.17) is 4.74 Å². The zero-order valence-electron chi connectivity index (χ0n) is 15.9. The fraction of sp³-hybridized carbons (Fsp3) is 0.889. The van der Waals surface area contributed by atoms with E-state index in [1.807, 2.05) is 5.01 Å². The molecule has 2 aliphatic heterocycles. The second kappa shape index (κ2) is 8.81. The van der Waals surface area contributed by atoms with Crippen LogP contribution in [0, 0.1) is 10.8 Å². The van der Waals surface area contributed by atoms with E-state index in [9.17, 15) is 4.91 Å². The molecule has 0 saturated carbocycles. The van der Waals surface area contributed by atoms with Gasteiger partial charge in [0.05, 0.1) is 17.5 Å². The number of hydrogen-bond acceptors (Lipinski definition) is 5. The number of nitrogens with zero attached hydrogens (tertiary/aromatic N) is 3. The van der Waals surface area contributed by atoms with Crippen LogP contribution < -0.4 is 5.53 Å². The molecule has 0 bridgehead atoms. The van der Waals surface area contributed by atoms with Crippen molar-refractivity contribution in [3.63, 3.8) is 0 Å². The number of hydrazine groups is 1. The van der Waals surface area contributed by atoms with Crippen LogP contribution in [0.2, 0.25) is 0 Å². The van der Waals surface area contributed by atoms with E-state index in [0.717, 1.165) is 38.3 Å². The van der Waals surface area contributed by atoms with Crippen LogP contribution in [0.15, 0.2) is 17.1 Å². The van der Waals surface area contributed by atoms with Crippen molar-refractivity contribution in [1.29, 1.82) is 0 Å². The summed E-state index contributed by atoms with van der Waals surface area (Å²) in [6, 6.07) is 0.946. The summed E-state index contributed by atoms with van der Waals surface area (Å²) in [5.41, 5.74) is 4.06. The molecule has 0 aromatic heterocycles. The van der Waals surface area contributed by atoms with Crippen molar-refractivity contribution in [3.8, 4) is 0 Å². The molecular weight excluding hydrogens is 304 g/mol. The summed E-state index contributed by atoms with van der Waals surface area (Å²) in [6.45, 7) is 12.8. The maximum absolute atomic E-state index is 10.8. The molecule has 138 valence electrons. The highest BCUT2D eigenvalue weighted by Crippen LogP contribution is 2.32. The molecule has 4 unspecified atom stereocenters. The molecule has 6 heteroatoms. The summed E-state index contributed by atoms with van der Waals surface area (Å²) >= 11 is 0. The Balaban J connectivity index is 1.93. The van der Waals surface area contributed by atoms with Gasteiger partial charge in [0.15, 0.2) is 0 Å². The number of rotatable bonds is 8. The highest BCUT2D eigenvalue weighted by molar-refractivity contribution is 5.08. The van der Waals surface area contributed by atoms with Gasteiger partial charge in [0, 0.05) is 37.3 Å². The summed E-state index contributed by atoms with van der Waals surface area (Å²) in [5, 5.41) is 4.95. The monoisotopic (exact) mass is 338 g/mol. The molecule has 4 atom stereocenters. The molecule has 0 aromatic rings. The number of hydrogen-bond donors (Lipinski definition) is 1. The first kappa shape index (κ1) is 19.2. The highest BCUT2D eigenvalue weighted by Gasteiger charge is 2.35. The zero-order valence-corrected chi connectivity index (χ0v) is 15.9. The van der Waals surface area contributed by atoms with Gasteiger partial charge in [-0.1, -0.05) is 19.9 Å². The average Bonchev–Trinajstić information content (AvgIpc) is 2.52. The van der Waals surface area contributed by atoms with E-state index in [-0.39, 0.29) is 18.2 Å². The van der Waals surface area contributed by atoms with Gasteiger partial charge < -0.3 is 9.64 Å². The molecule has 2 fully saturated rings. The quantitative estimate of drug-likeness (QED) is 0.542. The van der Waals surface area contributed by atoms with Crippen LogP contribution in [-0.4, -0.2) is 47.3 Å². The number of likely N-dealkylation sites (tertiary alicyclic amines) is 1. The second-order valence-corrected chi connectivity index (χ2v) is 7.40. The van der Waals surface area contributed by atoms with Gasteiger partial charge in [-0.25, -0.2) is 10.5 Å². The summed E-state index contributed by atoms with van der Waals surface area (Å²) < 4.78 is 5.81. The molecule has 0 aliphatic carbocycles. The number of nitrogens with one attached hydrogen (secondary N) is 1. The van der Waals surface area contributed by atoms with Gasteiger partial charge in [-0.3, -0.25) is 0 Å². The third-order valence-corrected chi connectivity index (χ3v) is 5.55. The van der Waals surface area contributed by atoms with E-state index in [0.29, 0.717) is 6.04 Å². The Morgan fingerprint density at radius 3 is 2.50 bits per heavy atom. The molecule has 1 N–H and O–H groups in total. The van der Waals surface area contributed by atoms with Crippen molar-refractivity contribution in [3.05, 3.63) is 16.7 Å². The fourth-order valence-electron chi connectivity index (χ4n) is 4.37. The first-order chi connectivity index (χ1) is 11.5. The number of ether oxygens (including phenoxy) is 1. The van der Waals surface area contributed by atoms with Gasteiger partial charge in [-0.05, 0) is 46.0 Å². The Bertz CT molecular complexity index is 433. The Labute approximate surface area is 146 Å². The SMILES string of the molecule is C/C=C(/CCN(NN=O)C1CC(C)OC(C)C1)N1CC(C)C1CC. The van der Waals surface area contributed by atoms with Gasteiger partial charge in [0.25, 0.3) is 0 Å². The lowest BCUT2D eigenvalue weighted by molar-refractivity contribution is -0.0751. The maximum atomic E-state index is 10.8. The minimum Gasteiger partial charge on any atom is -0.375 e. The van der Waals surface area contributed by atoms with Crippen LogP contribution in [0.4, 0.5) is 0 Å². The average molecular weight is 338 g/mol. The minimum absolute atomic E-state index is 0.219. The topological polar surface area (TPSA) is 57.2 Å². The van der Waals surface area contributed by atoms with E-state index in [1.54, 1.807) is 0 Å². The van der Waals surface area contributed by atoms with E-state index in [1.165, 1.54) is 12.1 Å².